The zero-order valence-corrected chi connectivity index (χ0v) is 11.7. The van der Waals surface area contributed by atoms with E-state index in [9.17, 15) is 13.6 Å². The predicted octanol–water partition coefficient (Wildman–Crippen LogP) is 4.51. The Hall–Kier alpha value is -1.65. The van der Waals surface area contributed by atoms with Crippen LogP contribution in [0.2, 0.25) is 10.0 Å². The number of benzene rings is 2. The fourth-order valence-electron chi connectivity index (χ4n) is 1.71. The van der Waals surface area contributed by atoms with Gasteiger partial charge in [-0.1, -0.05) is 23.2 Å². The molecular formula is C14H8Cl2F2O2. The summed E-state index contributed by atoms with van der Waals surface area (Å²) in [4.78, 5) is 12.2. The SMILES string of the molecule is COc1cc(F)c(C(=O)c2cc(Cl)cc(Cl)c2)c(F)c1. The van der Waals surface area contributed by atoms with E-state index < -0.39 is 23.0 Å². The minimum Gasteiger partial charge on any atom is -0.497 e. The van der Waals surface area contributed by atoms with Crippen molar-refractivity contribution in [3.8, 4) is 5.75 Å². The van der Waals surface area contributed by atoms with Crippen LogP contribution in [0.4, 0.5) is 8.78 Å². The third-order valence-corrected chi connectivity index (χ3v) is 3.04. The highest BCUT2D eigenvalue weighted by molar-refractivity contribution is 6.35. The first kappa shape index (κ1) is 14.8. The van der Waals surface area contributed by atoms with Crippen LogP contribution in [0.3, 0.4) is 0 Å². The molecule has 2 aromatic carbocycles. The molecule has 0 aliphatic rings. The lowest BCUT2D eigenvalue weighted by Crippen LogP contribution is -2.08. The first-order chi connectivity index (χ1) is 9.42. The molecule has 6 heteroatoms. The lowest BCUT2D eigenvalue weighted by molar-refractivity contribution is 0.103. The monoisotopic (exact) mass is 316 g/mol. The second-order valence-corrected chi connectivity index (χ2v) is 4.83. The van der Waals surface area contributed by atoms with Crippen LogP contribution in [0, 0.1) is 11.6 Å². The summed E-state index contributed by atoms with van der Waals surface area (Å²) in [6.07, 6.45) is 0. The van der Waals surface area contributed by atoms with E-state index >= 15 is 0 Å². The van der Waals surface area contributed by atoms with Crippen molar-refractivity contribution in [3.63, 3.8) is 0 Å². The molecule has 0 aromatic heterocycles. The number of halogens is 4. The summed E-state index contributed by atoms with van der Waals surface area (Å²) in [6.45, 7) is 0. The molecule has 0 saturated heterocycles. The molecule has 0 unspecified atom stereocenters. The van der Waals surface area contributed by atoms with Gasteiger partial charge >= 0.3 is 0 Å². The van der Waals surface area contributed by atoms with Gasteiger partial charge in [-0.05, 0) is 18.2 Å². The van der Waals surface area contributed by atoms with Crippen LogP contribution >= 0.6 is 23.2 Å². The highest BCUT2D eigenvalue weighted by Crippen LogP contribution is 2.26. The molecular weight excluding hydrogens is 309 g/mol. The summed E-state index contributed by atoms with van der Waals surface area (Å²) in [5.74, 6) is -2.88. The van der Waals surface area contributed by atoms with Crippen molar-refractivity contribution in [2.45, 2.75) is 0 Å². The predicted molar refractivity (Wildman–Crippen MR) is 72.8 cm³/mol. The Morgan fingerprint density at radius 1 is 1.00 bits per heavy atom. The van der Waals surface area contributed by atoms with Gasteiger partial charge in [0.05, 0.1) is 12.7 Å². The standard InChI is InChI=1S/C14H8Cl2F2O2/c1-20-10-5-11(17)13(12(18)6-10)14(19)7-2-8(15)4-9(16)3-7/h2-6H,1H3. The molecule has 0 bridgehead atoms. The number of rotatable bonds is 3. The van der Waals surface area contributed by atoms with Crippen LogP contribution in [0.1, 0.15) is 15.9 Å². The first-order valence-electron chi connectivity index (χ1n) is 5.46. The first-order valence-corrected chi connectivity index (χ1v) is 6.22. The average Bonchev–Trinajstić information content (AvgIpc) is 2.36. The van der Waals surface area contributed by atoms with Crippen LogP contribution in [0.5, 0.6) is 5.75 Å². The van der Waals surface area contributed by atoms with Gasteiger partial charge in [0.1, 0.15) is 17.4 Å². The number of hydrogen-bond acceptors (Lipinski definition) is 2. The lowest BCUT2D eigenvalue weighted by Gasteiger charge is -2.07. The molecule has 0 saturated carbocycles. The van der Waals surface area contributed by atoms with E-state index in [1.807, 2.05) is 0 Å². The molecule has 20 heavy (non-hydrogen) atoms. The van der Waals surface area contributed by atoms with Crippen LogP contribution in [0.15, 0.2) is 30.3 Å². The third kappa shape index (κ3) is 2.92. The zero-order valence-electron chi connectivity index (χ0n) is 10.2. The number of carbonyl (C=O) groups excluding carboxylic acids is 1. The molecule has 0 atom stereocenters. The van der Waals surface area contributed by atoms with Crippen LogP contribution < -0.4 is 4.74 Å². The van der Waals surface area contributed by atoms with Gasteiger partial charge in [-0.2, -0.15) is 0 Å². The fourth-order valence-corrected chi connectivity index (χ4v) is 2.24. The van der Waals surface area contributed by atoms with Gasteiger partial charge in [0, 0.05) is 27.7 Å². The Balaban J connectivity index is 2.53. The fraction of sp³-hybridized carbons (Fsp3) is 0.0714. The minimum absolute atomic E-state index is 0.00506. The topological polar surface area (TPSA) is 26.3 Å². The molecule has 0 aliphatic heterocycles. The van der Waals surface area contributed by atoms with Crippen molar-refractivity contribution in [2.24, 2.45) is 0 Å². The van der Waals surface area contributed by atoms with Crippen molar-refractivity contribution in [1.29, 1.82) is 0 Å². The van der Waals surface area contributed by atoms with Crippen LogP contribution in [-0.2, 0) is 0 Å². The van der Waals surface area contributed by atoms with E-state index in [2.05, 4.69) is 0 Å². The Bertz CT molecular complexity index is 644. The summed E-state index contributed by atoms with van der Waals surface area (Å²) in [6, 6.07) is 5.86. The molecule has 0 heterocycles. The Morgan fingerprint density at radius 2 is 1.50 bits per heavy atom. The van der Waals surface area contributed by atoms with E-state index in [1.165, 1.54) is 25.3 Å². The van der Waals surface area contributed by atoms with Gasteiger partial charge < -0.3 is 4.74 Å². The maximum absolute atomic E-state index is 13.8. The molecule has 0 aliphatic carbocycles. The Kier molecular flexibility index (Phi) is 4.26. The van der Waals surface area contributed by atoms with Crippen LogP contribution in [0.25, 0.3) is 0 Å². The molecule has 0 spiro atoms. The normalized spacial score (nSPS) is 10.4. The number of ether oxygens (including phenoxy) is 1. The maximum Gasteiger partial charge on any atom is 0.199 e. The van der Waals surface area contributed by atoms with Gasteiger partial charge in [0.25, 0.3) is 0 Å². The van der Waals surface area contributed by atoms with Crippen molar-refractivity contribution in [1.82, 2.24) is 0 Å². The highest BCUT2D eigenvalue weighted by Gasteiger charge is 2.21. The highest BCUT2D eigenvalue weighted by atomic mass is 35.5. The van der Waals surface area contributed by atoms with Gasteiger partial charge in [-0.25, -0.2) is 8.78 Å². The molecule has 0 fully saturated rings. The summed E-state index contributed by atoms with van der Waals surface area (Å²) in [5, 5.41) is 0.408. The van der Waals surface area contributed by atoms with Crippen molar-refractivity contribution in [2.75, 3.05) is 7.11 Å². The Morgan fingerprint density at radius 3 is 1.95 bits per heavy atom. The quantitative estimate of drug-likeness (QED) is 0.779. The van der Waals surface area contributed by atoms with Crippen molar-refractivity contribution < 1.29 is 18.3 Å². The van der Waals surface area contributed by atoms with Crippen molar-refractivity contribution in [3.05, 3.63) is 63.1 Å². The van der Waals surface area contributed by atoms with E-state index in [0.717, 1.165) is 12.1 Å². The molecule has 2 rings (SSSR count). The van der Waals surface area contributed by atoms with E-state index in [4.69, 9.17) is 27.9 Å². The summed E-state index contributed by atoms with van der Waals surface area (Å²) >= 11 is 11.5. The van der Waals surface area contributed by atoms with Gasteiger partial charge in [-0.3, -0.25) is 4.79 Å². The summed E-state index contributed by atoms with van der Waals surface area (Å²) < 4.78 is 32.4. The minimum atomic E-state index is -1.01. The Labute approximate surface area is 123 Å². The van der Waals surface area contributed by atoms with Crippen molar-refractivity contribution >= 4 is 29.0 Å². The van der Waals surface area contributed by atoms with Gasteiger partial charge in [0.15, 0.2) is 5.78 Å². The molecule has 2 aromatic rings. The van der Waals surface area contributed by atoms with E-state index in [-0.39, 0.29) is 21.4 Å². The van der Waals surface area contributed by atoms with E-state index in [1.54, 1.807) is 0 Å². The van der Waals surface area contributed by atoms with Gasteiger partial charge in [-0.15, -0.1) is 0 Å². The van der Waals surface area contributed by atoms with E-state index in [0.29, 0.717) is 0 Å². The second-order valence-electron chi connectivity index (χ2n) is 3.95. The second kappa shape index (κ2) is 5.77. The van der Waals surface area contributed by atoms with Gasteiger partial charge in [0.2, 0.25) is 0 Å². The number of hydrogen-bond donors (Lipinski definition) is 0. The summed E-state index contributed by atoms with van der Waals surface area (Å²) in [5.41, 5.74) is -0.672. The third-order valence-electron chi connectivity index (χ3n) is 2.60. The number of ketones is 1. The lowest BCUT2D eigenvalue weighted by atomic mass is 10.0. The number of methoxy groups -OCH3 is 1. The molecule has 0 radical (unpaired) electrons. The number of carbonyl (C=O) groups is 1. The zero-order chi connectivity index (χ0) is 14.9. The maximum atomic E-state index is 13.8. The molecule has 0 N–H and O–H groups in total. The molecule has 104 valence electrons. The van der Waals surface area contributed by atoms with Crippen LogP contribution in [-0.4, -0.2) is 12.9 Å². The smallest absolute Gasteiger partial charge is 0.199 e. The average molecular weight is 317 g/mol. The summed E-state index contributed by atoms with van der Waals surface area (Å²) in [7, 11) is 1.27. The largest absolute Gasteiger partial charge is 0.497 e. The molecule has 0 amide bonds. The molecule has 2 nitrogen and oxygen atoms in total.